The molecule has 0 spiro atoms. The van der Waals surface area contributed by atoms with E-state index in [1.165, 1.54) is 22.3 Å². The molecule has 1 N–H and O–H groups in total. The molecule has 0 bridgehead atoms. The molecule has 1 heterocycles. The molecule has 2 aromatic rings. The fourth-order valence-electron chi connectivity index (χ4n) is 3.65. The monoisotopic (exact) mass is 487 g/mol. The molecule has 1 aliphatic heterocycles. The Labute approximate surface area is 194 Å². The molecule has 31 heavy (non-hydrogen) atoms. The molecular weight excluding hydrogens is 454 g/mol. The van der Waals surface area contributed by atoms with Gasteiger partial charge in [-0.05, 0) is 94.4 Å². The first-order valence-electron chi connectivity index (χ1n) is 10.9. The number of nitrogens with one attached hydrogen (secondary N) is 1. The van der Waals surface area contributed by atoms with Crippen LogP contribution in [0.25, 0.3) is 11.1 Å². The number of hydrogen-bond acceptors (Lipinski definition) is 4. The minimum Gasteiger partial charge on any atom is -0.462 e. The topological polar surface area (TPSA) is 55.4 Å². The van der Waals surface area contributed by atoms with E-state index >= 15 is 0 Å². The summed E-state index contributed by atoms with van der Waals surface area (Å²) in [5, 5.41) is 3.33. The van der Waals surface area contributed by atoms with Gasteiger partial charge in [0.05, 0.1) is 0 Å². The van der Waals surface area contributed by atoms with Gasteiger partial charge in [0.15, 0.2) is 0 Å². The van der Waals surface area contributed by atoms with Crippen molar-refractivity contribution in [1.29, 1.82) is 0 Å². The Morgan fingerprint density at radius 3 is 2.32 bits per heavy atom. The molecule has 0 radical (unpaired) electrons. The van der Waals surface area contributed by atoms with Gasteiger partial charge in [0, 0.05) is 16.8 Å². The number of aryl methyl sites for hydroxylation is 1. The number of Topliss-reactive ketones (excluding diaryl/α,β-unsaturated/α-hetero) is 1. The van der Waals surface area contributed by atoms with Crippen molar-refractivity contribution in [2.24, 2.45) is 5.92 Å². The molecule has 2 aromatic carbocycles. The van der Waals surface area contributed by atoms with Crippen LogP contribution in [0, 0.1) is 12.8 Å². The molecule has 0 aromatic heterocycles. The summed E-state index contributed by atoms with van der Waals surface area (Å²) in [5.74, 6) is 0.700. The van der Waals surface area contributed by atoms with Gasteiger partial charge in [-0.25, -0.2) is 0 Å². The fourth-order valence-corrected chi connectivity index (χ4v) is 3.91. The van der Waals surface area contributed by atoms with E-state index in [4.69, 9.17) is 0 Å². The highest BCUT2D eigenvalue weighted by Gasteiger charge is 2.20. The van der Waals surface area contributed by atoms with Crippen molar-refractivity contribution in [3.8, 4) is 11.1 Å². The largest absolute Gasteiger partial charge is 0.462 e. The molecule has 1 saturated heterocycles. The second kappa shape index (κ2) is 12.2. The minimum atomic E-state index is -0.318. The Kier molecular flexibility index (Phi) is 9.92. The van der Waals surface area contributed by atoms with Crippen molar-refractivity contribution in [1.82, 2.24) is 5.32 Å². The second-order valence-electron chi connectivity index (χ2n) is 8.91. The third-order valence-electron chi connectivity index (χ3n) is 5.44. The standard InChI is InChI=1S/C21H24BrNO.C5H10O2/c1-15-16(7-10-21(24)18-11-13-23-14-12-18)3-2-4-20(15)17-5-8-19(22)9-6-17;1-5(2,3)7-4-6/h2-6,8-9,18,23H,7,10-14H2,1H3;4H,1-3H3. The summed E-state index contributed by atoms with van der Waals surface area (Å²) in [5.41, 5.74) is 4.74. The third kappa shape index (κ3) is 8.58. The van der Waals surface area contributed by atoms with Gasteiger partial charge in [-0.3, -0.25) is 9.59 Å². The smallest absolute Gasteiger partial charge is 0.293 e. The maximum atomic E-state index is 12.4. The van der Waals surface area contributed by atoms with Crippen LogP contribution in [0.5, 0.6) is 0 Å². The Bertz CT molecular complexity index is 850. The SMILES string of the molecule is CC(C)(C)OC=O.Cc1c(CCC(=O)C2CCNCC2)cccc1-c1ccc(Br)cc1. The van der Waals surface area contributed by atoms with Gasteiger partial charge in [0.1, 0.15) is 11.4 Å². The van der Waals surface area contributed by atoms with E-state index < -0.39 is 0 Å². The number of carbonyl (C=O) groups excluding carboxylic acids is 2. The first-order chi connectivity index (χ1) is 14.7. The molecular formula is C26H34BrNO3. The van der Waals surface area contributed by atoms with Crippen molar-refractivity contribution in [3.05, 3.63) is 58.1 Å². The number of ether oxygens (including phenoxy) is 1. The zero-order valence-corrected chi connectivity index (χ0v) is 20.6. The normalized spacial score (nSPS) is 14.4. The number of piperidine rings is 1. The number of hydrogen-bond donors (Lipinski definition) is 1. The molecule has 0 amide bonds. The van der Waals surface area contributed by atoms with E-state index in [0.717, 1.165) is 36.8 Å². The van der Waals surface area contributed by atoms with Gasteiger partial charge < -0.3 is 10.1 Å². The van der Waals surface area contributed by atoms with Crippen LogP contribution in [0.2, 0.25) is 0 Å². The Hall–Kier alpha value is -1.98. The van der Waals surface area contributed by atoms with E-state index in [-0.39, 0.29) is 11.5 Å². The molecule has 3 rings (SSSR count). The van der Waals surface area contributed by atoms with E-state index in [2.05, 4.69) is 75.4 Å². The van der Waals surface area contributed by atoms with E-state index in [1.807, 2.05) is 20.8 Å². The zero-order valence-electron chi connectivity index (χ0n) is 19.0. The highest BCUT2D eigenvalue weighted by molar-refractivity contribution is 9.10. The van der Waals surface area contributed by atoms with Crippen LogP contribution in [0.3, 0.4) is 0 Å². The zero-order chi connectivity index (χ0) is 22.9. The molecule has 0 unspecified atom stereocenters. The molecule has 0 atom stereocenters. The maximum Gasteiger partial charge on any atom is 0.293 e. The fraction of sp³-hybridized carbons (Fsp3) is 0.462. The number of benzene rings is 2. The number of carbonyl (C=O) groups is 2. The van der Waals surface area contributed by atoms with Gasteiger partial charge in [-0.1, -0.05) is 46.3 Å². The van der Waals surface area contributed by atoms with Gasteiger partial charge in [-0.2, -0.15) is 0 Å². The van der Waals surface area contributed by atoms with Crippen molar-refractivity contribution in [3.63, 3.8) is 0 Å². The third-order valence-corrected chi connectivity index (χ3v) is 5.97. The summed E-state index contributed by atoms with van der Waals surface area (Å²) in [7, 11) is 0. The summed E-state index contributed by atoms with van der Waals surface area (Å²) in [6, 6.07) is 14.8. The lowest BCUT2D eigenvalue weighted by atomic mass is 9.88. The van der Waals surface area contributed by atoms with Crippen molar-refractivity contribution in [2.45, 2.75) is 59.0 Å². The Morgan fingerprint density at radius 2 is 1.77 bits per heavy atom. The lowest BCUT2D eigenvalue weighted by Gasteiger charge is -2.21. The summed E-state index contributed by atoms with van der Waals surface area (Å²) in [6.07, 6.45) is 3.50. The highest BCUT2D eigenvalue weighted by atomic mass is 79.9. The van der Waals surface area contributed by atoms with Gasteiger partial charge in [-0.15, -0.1) is 0 Å². The molecule has 4 nitrogen and oxygen atoms in total. The van der Waals surface area contributed by atoms with Crippen LogP contribution in [0.15, 0.2) is 46.9 Å². The van der Waals surface area contributed by atoms with Gasteiger partial charge in [0.2, 0.25) is 0 Å². The first-order valence-corrected chi connectivity index (χ1v) is 11.7. The number of rotatable bonds is 6. The molecule has 168 valence electrons. The van der Waals surface area contributed by atoms with Crippen LogP contribution < -0.4 is 5.32 Å². The van der Waals surface area contributed by atoms with Crippen molar-refractivity contribution < 1.29 is 14.3 Å². The van der Waals surface area contributed by atoms with Crippen LogP contribution in [0.4, 0.5) is 0 Å². The lowest BCUT2D eigenvalue weighted by Crippen LogP contribution is -2.31. The lowest BCUT2D eigenvalue weighted by molar-refractivity contribution is -0.138. The summed E-state index contributed by atoms with van der Waals surface area (Å²) < 4.78 is 5.64. The summed E-state index contributed by atoms with van der Waals surface area (Å²) >= 11 is 3.49. The minimum absolute atomic E-state index is 0.265. The van der Waals surface area contributed by atoms with E-state index in [0.29, 0.717) is 18.7 Å². The van der Waals surface area contributed by atoms with E-state index in [9.17, 15) is 9.59 Å². The molecule has 0 saturated carbocycles. The summed E-state index contributed by atoms with van der Waals surface area (Å²) in [6.45, 7) is 10.1. The second-order valence-corrected chi connectivity index (χ2v) is 9.83. The molecule has 1 aliphatic rings. The van der Waals surface area contributed by atoms with Crippen LogP contribution in [0.1, 0.15) is 51.2 Å². The highest BCUT2D eigenvalue weighted by Crippen LogP contribution is 2.28. The van der Waals surface area contributed by atoms with E-state index in [1.54, 1.807) is 0 Å². The number of halogens is 1. The Morgan fingerprint density at radius 1 is 1.13 bits per heavy atom. The van der Waals surface area contributed by atoms with Crippen LogP contribution in [-0.2, 0) is 20.7 Å². The first kappa shape index (κ1) is 25.3. The molecule has 5 heteroatoms. The number of ketones is 1. The van der Waals surface area contributed by atoms with Gasteiger partial charge >= 0.3 is 0 Å². The van der Waals surface area contributed by atoms with Crippen LogP contribution in [-0.4, -0.2) is 30.9 Å². The molecule has 1 fully saturated rings. The maximum absolute atomic E-state index is 12.4. The Balaban J connectivity index is 0.000000423. The van der Waals surface area contributed by atoms with Crippen molar-refractivity contribution in [2.75, 3.05) is 13.1 Å². The average Bonchev–Trinajstić information content (AvgIpc) is 2.74. The summed E-state index contributed by atoms with van der Waals surface area (Å²) in [4.78, 5) is 22.0. The quantitative estimate of drug-likeness (QED) is 0.516. The van der Waals surface area contributed by atoms with Gasteiger partial charge in [0.25, 0.3) is 6.47 Å². The average molecular weight is 488 g/mol. The van der Waals surface area contributed by atoms with Crippen LogP contribution >= 0.6 is 15.9 Å². The predicted octanol–water partition coefficient (Wildman–Crippen LogP) is 5.88. The predicted molar refractivity (Wildman–Crippen MR) is 130 cm³/mol. The molecule has 0 aliphatic carbocycles. The van der Waals surface area contributed by atoms with Crippen molar-refractivity contribution >= 4 is 28.2 Å².